The summed E-state index contributed by atoms with van der Waals surface area (Å²) in [5.74, 6) is -1.69. The van der Waals surface area contributed by atoms with Crippen LogP contribution in [0.3, 0.4) is 0 Å². The molecule has 0 saturated carbocycles. The Bertz CT molecular complexity index is 4310. The first-order valence-electron chi connectivity index (χ1n) is 30.6. The summed E-state index contributed by atoms with van der Waals surface area (Å²) in [6.07, 6.45) is 17.3. The summed E-state index contributed by atoms with van der Waals surface area (Å²) < 4.78 is 86.5. The molecule has 0 fully saturated rings. The van der Waals surface area contributed by atoms with E-state index >= 15 is 0 Å². The average molecular weight is 1030 g/mol. The fourth-order valence-corrected chi connectivity index (χ4v) is 11.1. The average Bonchev–Trinajstić information content (AvgIpc) is 2.33. The molecule has 0 N–H and O–H groups in total. The summed E-state index contributed by atoms with van der Waals surface area (Å²) in [5.41, 5.74) is 24.8. The molecule has 0 bridgehead atoms. The minimum atomic E-state index is -2.40. The fraction of sp³-hybridized carbons (Fsp3) is 0.254. The van der Waals surface area contributed by atoms with E-state index in [4.69, 9.17) is 13.7 Å². The summed E-state index contributed by atoms with van der Waals surface area (Å²) in [6.45, 7) is 10.9. The van der Waals surface area contributed by atoms with Crippen LogP contribution < -0.4 is 22.8 Å². The molecule has 10 aromatic rings. The van der Waals surface area contributed by atoms with Gasteiger partial charge in [-0.3, -0.25) is 24.9 Å². The van der Waals surface area contributed by atoms with Crippen molar-refractivity contribution in [2.75, 3.05) is 0 Å². The third-order valence-electron chi connectivity index (χ3n) is 14.7. The van der Waals surface area contributed by atoms with E-state index in [0.717, 1.165) is 99.4 Å². The van der Waals surface area contributed by atoms with E-state index in [1.165, 1.54) is 51.7 Å². The van der Waals surface area contributed by atoms with Gasteiger partial charge < -0.3 is 0 Å². The maximum absolute atomic E-state index is 8.11. The predicted octanol–water partition coefficient (Wildman–Crippen LogP) is 11.2. The lowest BCUT2D eigenvalue weighted by atomic mass is 10.0. The van der Waals surface area contributed by atoms with E-state index < -0.39 is 26.4 Å². The molecule has 0 radical (unpaired) electrons. The number of hydrogen-bond donors (Lipinski definition) is 0. The number of pyridine rings is 10. The van der Waals surface area contributed by atoms with Crippen LogP contribution in [0, 0.1) is 55.2 Å². The summed E-state index contributed by atoms with van der Waals surface area (Å²) in [4.78, 5) is 21.5. The zero-order chi connectivity index (χ0) is 61.2. The van der Waals surface area contributed by atoms with Crippen molar-refractivity contribution in [2.24, 2.45) is 0 Å². The maximum atomic E-state index is 8.11. The molecule has 10 aromatic heterocycles. The topological polar surface area (TPSA) is 83.9 Å². The van der Waals surface area contributed by atoms with Crippen LogP contribution in [0.15, 0.2) is 159 Å². The van der Waals surface area contributed by atoms with Crippen molar-refractivity contribution in [3.05, 3.63) is 238 Å². The Labute approximate surface area is 468 Å². The fourth-order valence-electron chi connectivity index (χ4n) is 11.1. The maximum Gasteiger partial charge on any atom is 0.215 e. The molecule has 5 aliphatic rings. The van der Waals surface area contributed by atoms with Gasteiger partial charge in [-0.2, -0.15) is 22.8 Å². The smallest absolute Gasteiger partial charge is 0.215 e. The number of aryl methyl sites for hydroxylation is 8. The van der Waals surface area contributed by atoms with E-state index in [0.29, 0.717) is 17.8 Å². The first kappa shape index (κ1) is 40.8. The van der Waals surface area contributed by atoms with Crippen LogP contribution in [0.2, 0.25) is 0 Å². The van der Waals surface area contributed by atoms with E-state index in [1.54, 1.807) is 30.7 Å². The molecular formula is C67H71N10+5. The normalized spacial score (nSPS) is 15.5. The summed E-state index contributed by atoms with van der Waals surface area (Å²) in [7, 11) is 0. The molecule has 77 heavy (non-hydrogen) atoms. The monoisotopic (exact) mass is 1030 g/mol. The van der Waals surface area contributed by atoms with Crippen LogP contribution in [0.5, 0.6) is 0 Å². The summed E-state index contributed by atoms with van der Waals surface area (Å²) >= 11 is 0. The van der Waals surface area contributed by atoms with Crippen LogP contribution in [-0.2, 0) is 32.7 Å². The van der Waals surface area contributed by atoms with Crippen molar-refractivity contribution >= 4 is 0 Å². The van der Waals surface area contributed by atoms with Gasteiger partial charge in [-0.1, -0.05) is 21.2 Å². The SMILES string of the molecule is C.Cc1cc[n+]2c(c1)-c1c(ccnc1C)C2.Cc1nccc2c1-c1cccc[n+]1C2.[2H]C([2H])([2H])C([2H])(C)c1cc2c(cn1)-c1cccc[n+]1C2.[2H]C([2H])([2H])c1c[n+]2c(cc1C)-c1c(ccnc1C)C2.[2H]C([2H])([2H])c1cc2c(c(C)n1)-c1cccc[n+]1C2. The van der Waals surface area contributed by atoms with Crippen molar-refractivity contribution in [1.29, 1.82) is 0 Å². The first-order chi connectivity index (χ1) is 40.8. The Hall–Kier alpha value is -8.50. The van der Waals surface area contributed by atoms with Gasteiger partial charge in [-0.15, -0.1) is 0 Å². The molecule has 0 saturated heterocycles. The van der Waals surface area contributed by atoms with Crippen LogP contribution in [0.4, 0.5) is 0 Å². The second-order valence-corrected chi connectivity index (χ2v) is 20.0. The molecule has 10 heteroatoms. The van der Waals surface area contributed by atoms with Gasteiger partial charge in [-0.25, -0.2) is 0 Å². The second kappa shape index (κ2) is 21.6. The van der Waals surface area contributed by atoms with Gasteiger partial charge in [0.15, 0.2) is 63.7 Å². The highest BCUT2D eigenvalue weighted by atomic mass is 15.0. The predicted molar refractivity (Wildman–Crippen MR) is 304 cm³/mol. The van der Waals surface area contributed by atoms with Crippen LogP contribution in [0.25, 0.3) is 56.3 Å². The van der Waals surface area contributed by atoms with Gasteiger partial charge in [0.1, 0.15) is 0 Å². The molecule has 0 aromatic carbocycles. The minimum absolute atomic E-state index is 0. The highest BCUT2D eigenvalue weighted by molar-refractivity contribution is 5.69. The summed E-state index contributed by atoms with van der Waals surface area (Å²) in [6, 6.07) is 34.3. The quantitative estimate of drug-likeness (QED) is 0.153. The Morgan fingerprint density at radius 2 is 0.974 bits per heavy atom. The molecular weight excluding hydrogens is 945 g/mol. The Morgan fingerprint density at radius 3 is 1.56 bits per heavy atom. The number of aromatic nitrogens is 10. The van der Waals surface area contributed by atoms with Gasteiger partial charge in [0, 0.05) is 138 Å². The lowest BCUT2D eigenvalue weighted by Crippen LogP contribution is -2.32. The zero-order valence-electron chi connectivity index (χ0n) is 54.0. The summed E-state index contributed by atoms with van der Waals surface area (Å²) in [5, 5.41) is 0. The van der Waals surface area contributed by atoms with E-state index in [2.05, 4.69) is 119 Å². The molecule has 0 aliphatic carbocycles. The lowest BCUT2D eigenvalue weighted by molar-refractivity contribution is -0.672. The Balaban J connectivity index is 0.000000121. The third kappa shape index (κ3) is 10.2. The molecule has 1 unspecified atom stereocenters. The molecule has 15 rings (SSSR count). The van der Waals surface area contributed by atoms with Crippen LogP contribution in [0.1, 0.15) is 119 Å². The van der Waals surface area contributed by atoms with Crippen molar-refractivity contribution in [3.63, 3.8) is 0 Å². The highest BCUT2D eigenvalue weighted by Gasteiger charge is 2.32. The number of rotatable bonds is 1. The lowest BCUT2D eigenvalue weighted by Gasteiger charge is -2.04. The van der Waals surface area contributed by atoms with E-state index in [9.17, 15) is 0 Å². The van der Waals surface area contributed by atoms with Crippen LogP contribution in [-0.4, -0.2) is 24.9 Å². The van der Waals surface area contributed by atoms with Crippen molar-refractivity contribution in [3.8, 4) is 56.3 Å². The van der Waals surface area contributed by atoms with E-state index in [1.807, 2.05) is 98.7 Å². The van der Waals surface area contributed by atoms with Gasteiger partial charge in [0.25, 0.3) is 0 Å². The largest absolute Gasteiger partial charge is 0.261 e. The van der Waals surface area contributed by atoms with Crippen molar-refractivity contribution < 1.29 is 36.5 Å². The number of nitrogens with zero attached hydrogens (tertiary/aromatic N) is 10. The molecule has 10 nitrogen and oxygen atoms in total. The molecule has 0 spiro atoms. The molecule has 0 amide bonds. The minimum Gasteiger partial charge on any atom is -0.261 e. The number of fused-ring (bicyclic) bond motifs is 15. The Kier molecular flexibility index (Phi) is 11.4. The highest BCUT2D eigenvalue weighted by Crippen LogP contribution is 2.33. The van der Waals surface area contributed by atoms with Gasteiger partial charge >= 0.3 is 0 Å². The molecule has 5 aliphatic heterocycles. The van der Waals surface area contributed by atoms with Crippen LogP contribution >= 0.6 is 0 Å². The second-order valence-electron chi connectivity index (χ2n) is 20.0. The molecule has 15 heterocycles. The Morgan fingerprint density at radius 1 is 0.468 bits per heavy atom. The van der Waals surface area contributed by atoms with Gasteiger partial charge in [-0.05, 0) is 121 Å². The van der Waals surface area contributed by atoms with Crippen molar-refractivity contribution in [1.82, 2.24) is 24.9 Å². The first-order valence-corrected chi connectivity index (χ1v) is 25.6. The standard InChI is InChI=1S/2C14H15N2.2C13H13N2.C12H11N2.CH4/c1-9-6-13-14-11(3)15-5-4-12(14)8-16(13)7-10(9)2;1-10(2)13-7-11-9-16-6-4-3-5-14(16)12(11)8-15-13;1-9-4-6-15-8-11-3-5-14-10(2)13(11)12(15)7-9;1-9-7-11-8-15-6-4-3-5-12(15)13(11)10(2)14-9;1-9-12-10(5-6-13-9)8-14-7-3-2-4-11(12)14;/h4-7H,8H2,1-3H3;3-8,10H,9H2,1-2H3;2*3-7H,8H2,1-2H3;2-7H,8H2,1H3;1H4/q5*+1;/i2D3;1D3,10D;;1D3;;. The molecule has 384 valence electrons. The third-order valence-corrected chi connectivity index (χ3v) is 14.7. The van der Waals surface area contributed by atoms with E-state index in [-0.39, 0.29) is 13.1 Å². The van der Waals surface area contributed by atoms with Gasteiger partial charge in [0.2, 0.25) is 28.5 Å². The number of hydrogen-bond acceptors (Lipinski definition) is 5. The molecule has 1 atom stereocenters. The van der Waals surface area contributed by atoms with Gasteiger partial charge in [0.05, 0.1) is 50.6 Å². The zero-order valence-corrected chi connectivity index (χ0v) is 44.0. The van der Waals surface area contributed by atoms with Crippen molar-refractivity contribution in [2.45, 2.75) is 115 Å².